The van der Waals surface area contributed by atoms with E-state index in [9.17, 15) is 18.0 Å². The maximum absolute atomic E-state index is 12.9. The number of thioether (sulfide) groups is 1. The third kappa shape index (κ3) is 7.42. The van der Waals surface area contributed by atoms with Gasteiger partial charge in [0.25, 0.3) is 0 Å². The fourth-order valence-corrected chi connectivity index (χ4v) is 3.90. The number of carbonyl (C=O) groups is 1. The van der Waals surface area contributed by atoms with Crippen LogP contribution in [0.5, 0.6) is 0 Å². The van der Waals surface area contributed by atoms with Crippen molar-refractivity contribution in [3.8, 4) is 0 Å². The average molecular weight is 475 g/mol. The third-order valence-corrected chi connectivity index (χ3v) is 5.89. The number of nitrogens with zero attached hydrogens (tertiary/aromatic N) is 4. The van der Waals surface area contributed by atoms with Gasteiger partial charge >= 0.3 is 6.18 Å². The molecule has 1 fully saturated rings. The van der Waals surface area contributed by atoms with Crippen LogP contribution in [0.1, 0.15) is 25.6 Å². The highest BCUT2D eigenvalue weighted by Crippen LogP contribution is 2.36. The number of hydrogen-bond donors (Lipinski definition) is 2. The van der Waals surface area contributed by atoms with Gasteiger partial charge in [0.2, 0.25) is 17.8 Å². The van der Waals surface area contributed by atoms with Gasteiger partial charge in [-0.25, -0.2) is 0 Å². The number of rotatable bonds is 9. The Morgan fingerprint density at radius 2 is 1.97 bits per heavy atom. The molecule has 7 nitrogen and oxygen atoms in total. The number of benzene rings is 1. The van der Waals surface area contributed by atoms with E-state index in [0.717, 1.165) is 29.5 Å². The summed E-state index contributed by atoms with van der Waals surface area (Å²) in [4.78, 5) is 25.7. The highest BCUT2D eigenvalue weighted by Gasteiger charge is 2.40. The predicted molar refractivity (Wildman–Crippen MR) is 115 cm³/mol. The summed E-state index contributed by atoms with van der Waals surface area (Å²) in [6, 6.07) is 6.45. The fourth-order valence-electron chi connectivity index (χ4n) is 3.02. The van der Waals surface area contributed by atoms with Crippen molar-refractivity contribution in [2.24, 2.45) is 5.92 Å². The van der Waals surface area contributed by atoms with Crippen LogP contribution >= 0.6 is 23.4 Å². The second-order valence-electron chi connectivity index (χ2n) is 7.27. The second kappa shape index (κ2) is 9.90. The monoisotopic (exact) mass is 474 g/mol. The molecule has 1 aliphatic carbocycles. The third-order valence-electron chi connectivity index (χ3n) is 4.72. The maximum atomic E-state index is 12.9. The molecular formula is C19H22ClF3N6OS. The minimum Gasteiger partial charge on any atom is -0.368 e. The van der Waals surface area contributed by atoms with E-state index in [1.807, 2.05) is 0 Å². The molecule has 2 aromatic rings. The van der Waals surface area contributed by atoms with Gasteiger partial charge in [-0.15, -0.1) is 11.8 Å². The molecule has 0 bridgehead atoms. The van der Waals surface area contributed by atoms with E-state index in [1.54, 1.807) is 31.2 Å². The summed E-state index contributed by atoms with van der Waals surface area (Å²) < 4.78 is 38.8. The van der Waals surface area contributed by atoms with E-state index in [0.29, 0.717) is 16.5 Å². The van der Waals surface area contributed by atoms with E-state index in [2.05, 4.69) is 20.3 Å². The molecule has 1 aromatic heterocycles. The zero-order valence-corrected chi connectivity index (χ0v) is 18.3. The molecule has 0 spiro atoms. The molecule has 1 amide bonds. The molecule has 1 unspecified atom stereocenters. The molecule has 1 heterocycles. The number of amides is 1. The van der Waals surface area contributed by atoms with Crippen LogP contribution in [0.25, 0.3) is 0 Å². The minimum atomic E-state index is -4.44. The molecule has 0 aliphatic heterocycles. The van der Waals surface area contributed by atoms with Crippen LogP contribution in [0.4, 0.5) is 30.8 Å². The Balaban J connectivity index is 1.59. The molecule has 1 aromatic carbocycles. The van der Waals surface area contributed by atoms with Gasteiger partial charge in [-0.3, -0.25) is 4.79 Å². The molecule has 3 rings (SSSR count). The van der Waals surface area contributed by atoms with Gasteiger partial charge in [-0.1, -0.05) is 11.6 Å². The molecule has 0 saturated heterocycles. The van der Waals surface area contributed by atoms with Gasteiger partial charge in [0.1, 0.15) is 12.4 Å². The van der Waals surface area contributed by atoms with Crippen LogP contribution in [0, 0.1) is 5.92 Å². The number of alkyl halides is 3. The summed E-state index contributed by atoms with van der Waals surface area (Å²) >= 11 is 6.99. The lowest BCUT2D eigenvalue weighted by Gasteiger charge is -2.30. The van der Waals surface area contributed by atoms with Gasteiger partial charge in [0, 0.05) is 16.8 Å². The first-order valence-corrected chi connectivity index (χ1v) is 11.1. The molecule has 31 heavy (non-hydrogen) atoms. The molecule has 1 aliphatic rings. The van der Waals surface area contributed by atoms with Gasteiger partial charge in [-0.2, -0.15) is 28.1 Å². The van der Waals surface area contributed by atoms with E-state index < -0.39 is 24.7 Å². The predicted octanol–water partition coefficient (Wildman–Crippen LogP) is 4.27. The number of nitrogens with two attached hydrogens (primary N) is 1. The SMILES string of the molecule is CC(C1CC1)N(CC(F)(F)F)C(=O)CSCc1nc(N)nc(Nc2ccc(Cl)cc2)n1. The molecular weight excluding hydrogens is 453 g/mol. The number of halogens is 4. The Bertz CT molecular complexity index is 911. The summed E-state index contributed by atoms with van der Waals surface area (Å²) in [6.45, 7) is 0.436. The molecule has 3 N–H and O–H groups in total. The summed E-state index contributed by atoms with van der Waals surface area (Å²) in [7, 11) is 0. The number of nitrogen functional groups attached to an aromatic ring is 1. The first kappa shape index (κ1) is 23.4. The molecule has 0 radical (unpaired) electrons. The van der Waals surface area contributed by atoms with Gasteiger partial charge < -0.3 is 16.0 Å². The number of nitrogens with one attached hydrogen (secondary N) is 1. The van der Waals surface area contributed by atoms with Crippen molar-refractivity contribution in [3.63, 3.8) is 0 Å². The van der Waals surface area contributed by atoms with Crippen LogP contribution in [0.2, 0.25) is 5.02 Å². The Morgan fingerprint density at radius 3 is 2.58 bits per heavy atom. The largest absolute Gasteiger partial charge is 0.406 e. The lowest BCUT2D eigenvalue weighted by Crippen LogP contribution is -2.46. The van der Waals surface area contributed by atoms with E-state index in [1.165, 1.54) is 0 Å². The lowest BCUT2D eigenvalue weighted by molar-refractivity contribution is -0.164. The van der Waals surface area contributed by atoms with Crippen molar-refractivity contribution in [1.29, 1.82) is 0 Å². The summed E-state index contributed by atoms with van der Waals surface area (Å²) in [5.74, 6) is 0.209. The van der Waals surface area contributed by atoms with Crippen LogP contribution in [0.15, 0.2) is 24.3 Å². The van der Waals surface area contributed by atoms with Crippen LogP contribution in [-0.4, -0.2) is 50.3 Å². The lowest BCUT2D eigenvalue weighted by atomic mass is 10.2. The summed E-state index contributed by atoms with van der Waals surface area (Å²) in [5.41, 5.74) is 6.43. The average Bonchev–Trinajstić information content (AvgIpc) is 3.51. The smallest absolute Gasteiger partial charge is 0.368 e. The molecule has 168 valence electrons. The second-order valence-corrected chi connectivity index (χ2v) is 8.70. The quantitative estimate of drug-likeness (QED) is 0.560. The van der Waals surface area contributed by atoms with E-state index in [-0.39, 0.29) is 29.3 Å². The van der Waals surface area contributed by atoms with Crippen molar-refractivity contribution in [2.45, 2.75) is 37.7 Å². The molecule has 1 atom stereocenters. The first-order valence-electron chi connectivity index (χ1n) is 9.57. The molecule has 12 heteroatoms. The summed E-state index contributed by atoms with van der Waals surface area (Å²) in [5, 5.41) is 3.56. The van der Waals surface area contributed by atoms with E-state index >= 15 is 0 Å². The minimum absolute atomic E-state index is 0.00514. The van der Waals surface area contributed by atoms with Crippen LogP contribution in [-0.2, 0) is 10.5 Å². The first-order chi connectivity index (χ1) is 14.6. The number of aromatic nitrogens is 3. The Kier molecular flexibility index (Phi) is 7.47. The normalized spacial score (nSPS) is 14.9. The summed E-state index contributed by atoms with van der Waals surface area (Å²) in [6.07, 6.45) is -2.73. The van der Waals surface area contributed by atoms with Crippen molar-refractivity contribution in [1.82, 2.24) is 19.9 Å². The topological polar surface area (TPSA) is 97.0 Å². The Labute approximate surface area is 187 Å². The van der Waals surface area contributed by atoms with Crippen molar-refractivity contribution in [2.75, 3.05) is 23.3 Å². The van der Waals surface area contributed by atoms with E-state index in [4.69, 9.17) is 17.3 Å². The van der Waals surface area contributed by atoms with Crippen molar-refractivity contribution < 1.29 is 18.0 Å². The van der Waals surface area contributed by atoms with Crippen LogP contribution < -0.4 is 11.1 Å². The van der Waals surface area contributed by atoms with Crippen molar-refractivity contribution in [3.05, 3.63) is 35.1 Å². The standard InChI is InChI=1S/C19H22ClF3N6OS/c1-11(12-2-3-12)29(10-19(21,22)23)16(30)9-31-8-15-26-17(24)28-18(27-15)25-14-6-4-13(20)5-7-14/h4-7,11-12H,2-3,8-10H2,1H3,(H3,24,25,26,27,28). The zero-order chi connectivity index (χ0) is 22.6. The number of carbonyl (C=O) groups excluding carboxylic acids is 1. The Hall–Kier alpha value is -2.27. The zero-order valence-electron chi connectivity index (χ0n) is 16.7. The van der Waals surface area contributed by atoms with Gasteiger partial charge in [0.15, 0.2) is 0 Å². The maximum Gasteiger partial charge on any atom is 0.406 e. The fraction of sp³-hybridized carbons (Fsp3) is 0.474. The highest BCUT2D eigenvalue weighted by molar-refractivity contribution is 7.99. The molecule has 1 saturated carbocycles. The Morgan fingerprint density at radius 1 is 1.29 bits per heavy atom. The van der Waals surface area contributed by atoms with Gasteiger partial charge in [0.05, 0.1) is 11.5 Å². The van der Waals surface area contributed by atoms with Gasteiger partial charge in [-0.05, 0) is 49.9 Å². The number of hydrogen-bond acceptors (Lipinski definition) is 7. The van der Waals surface area contributed by atoms with Crippen LogP contribution in [0.3, 0.4) is 0 Å². The highest BCUT2D eigenvalue weighted by atomic mass is 35.5. The van der Waals surface area contributed by atoms with Crippen molar-refractivity contribution >= 4 is 46.9 Å². The number of anilines is 3.